The van der Waals surface area contributed by atoms with Crippen LogP contribution in [-0.2, 0) is 13.0 Å². The number of hydrogen-bond acceptors (Lipinski definition) is 5. The summed E-state index contributed by atoms with van der Waals surface area (Å²) in [5.41, 5.74) is 7.76. The van der Waals surface area contributed by atoms with Crippen molar-refractivity contribution in [2.45, 2.75) is 13.0 Å². The van der Waals surface area contributed by atoms with Crippen molar-refractivity contribution in [3.8, 4) is 6.07 Å². The maximum Gasteiger partial charge on any atom is 0.286 e. The predicted octanol–water partition coefficient (Wildman–Crippen LogP) is 0.646. The van der Waals surface area contributed by atoms with E-state index in [1.54, 1.807) is 35.4 Å². The molecule has 0 fully saturated rings. The Labute approximate surface area is 132 Å². The summed E-state index contributed by atoms with van der Waals surface area (Å²) in [6.07, 6.45) is 2.21. The van der Waals surface area contributed by atoms with Crippen molar-refractivity contribution < 1.29 is 9.59 Å². The molecule has 0 bridgehead atoms. The third-order valence-corrected chi connectivity index (χ3v) is 3.71. The highest BCUT2D eigenvalue weighted by Gasteiger charge is 2.24. The van der Waals surface area contributed by atoms with Gasteiger partial charge in [-0.2, -0.15) is 5.26 Å². The minimum atomic E-state index is -0.691. The van der Waals surface area contributed by atoms with Crippen LogP contribution in [0.15, 0.2) is 30.5 Å². The fourth-order valence-electron chi connectivity index (χ4n) is 2.47. The first-order valence-electron chi connectivity index (χ1n) is 7.02. The van der Waals surface area contributed by atoms with Crippen LogP contribution in [0.2, 0.25) is 0 Å². The first-order valence-corrected chi connectivity index (χ1v) is 7.02. The molecule has 7 heteroatoms. The van der Waals surface area contributed by atoms with E-state index < -0.39 is 5.91 Å². The van der Waals surface area contributed by atoms with Crippen LogP contribution in [0.4, 0.5) is 0 Å². The van der Waals surface area contributed by atoms with Gasteiger partial charge >= 0.3 is 0 Å². The van der Waals surface area contributed by atoms with Crippen LogP contribution in [0.3, 0.4) is 0 Å². The third kappa shape index (κ3) is 2.87. The molecule has 1 aliphatic heterocycles. The highest BCUT2D eigenvalue weighted by atomic mass is 16.2. The molecule has 2 amide bonds. The second-order valence-electron chi connectivity index (χ2n) is 5.20. The number of primary amides is 1. The van der Waals surface area contributed by atoms with Gasteiger partial charge in [-0.15, -0.1) is 0 Å². The third-order valence-electron chi connectivity index (χ3n) is 3.71. The molecule has 23 heavy (non-hydrogen) atoms. The van der Waals surface area contributed by atoms with Crippen LogP contribution in [0, 0.1) is 11.3 Å². The first-order chi connectivity index (χ1) is 11.1. The average Bonchev–Trinajstić information content (AvgIpc) is 2.60. The number of amides is 2. The Hall–Kier alpha value is -3.27. The second kappa shape index (κ2) is 5.85. The quantitative estimate of drug-likeness (QED) is 0.875. The number of nitrogens with zero attached hydrogens (tertiary/aromatic N) is 4. The molecule has 0 radical (unpaired) electrons. The number of fused-ring (bicyclic) bond motifs is 1. The van der Waals surface area contributed by atoms with Crippen molar-refractivity contribution in [2.24, 2.45) is 5.73 Å². The topological polar surface area (TPSA) is 113 Å². The fourth-order valence-corrected chi connectivity index (χ4v) is 2.47. The van der Waals surface area contributed by atoms with Crippen LogP contribution in [0.25, 0.3) is 0 Å². The van der Waals surface area contributed by atoms with Gasteiger partial charge in [0.1, 0.15) is 0 Å². The van der Waals surface area contributed by atoms with Gasteiger partial charge in [-0.3, -0.25) is 9.59 Å². The molecule has 0 unspecified atom stereocenters. The number of hydrogen-bond donors (Lipinski definition) is 1. The van der Waals surface area contributed by atoms with Gasteiger partial charge in [0, 0.05) is 18.3 Å². The number of aromatic nitrogens is 2. The van der Waals surface area contributed by atoms with Crippen molar-refractivity contribution in [3.05, 3.63) is 58.7 Å². The zero-order chi connectivity index (χ0) is 16.4. The van der Waals surface area contributed by atoms with Gasteiger partial charge in [0.2, 0.25) is 5.82 Å². The maximum atomic E-state index is 12.5. The fraction of sp³-hybridized carbons (Fsp3) is 0.188. The molecule has 1 aromatic carbocycles. The van der Waals surface area contributed by atoms with E-state index in [0.717, 1.165) is 5.56 Å². The Bertz CT molecular complexity index is 823. The molecule has 3 rings (SSSR count). The van der Waals surface area contributed by atoms with E-state index in [1.807, 2.05) is 6.07 Å². The summed E-state index contributed by atoms with van der Waals surface area (Å²) in [4.78, 5) is 33.4. The summed E-state index contributed by atoms with van der Waals surface area (Å²) in [5, 5.41) is 8.80. The maximum absolute atomic E-state index is 12.5. The Morgan fingerprint density at radius 1 is 1.26 bits per heavy atom. The molecule has 0 atom stereocenters. The monoisotopic (exact) mass is 307 g/mol. The lowest BCUT2D eigenvalue weighted by Gasteiger charge is -2.28. The molecule has 2 aromatic rings. The number of benzene rings is 1. The Balaban J connectivity index is 1.83. The van der Waals surface area contributed by atoms with Crippen molar-refractivity contribution >= 4 is 11.8 Å². The standard InChI is InChI=1S/C16H13N5O2/c17-7-10-1-3-11(4-2-10)16(23)21-6-5-12-8-19-15(14(18)22)20-13(12)9-21/h1-4,8H,5-6,9H2,(H2,18,22). The van der Waals surface area contributed by atoms with E-state index in [0.29, 0.717) is 36.3 Å². The molecule has 0 saturated heterocycles. The summed E-state index contributed by atoms with van der Waals surface area (Å²) in [7, 11) is 0. The van der Waals surface area contributed by atoms with Crippen molar-refractivity contribution in [1.82, 2.24) is 14.9 Å². The summed E-state index contributed by atoms with van der Waals surface area (Å²) in [6, 6.07) is 8.50. The van der Waals surface area contributed by atoms with Crippen molar-refractivity contribution in [1.29, 1.82) is 5.26 Å². The number of nitrogens with two attached hydrogens (primary N) is 1. The van der Waals surface area contributed by atoms with E-state index in [1.165, 1.54) is 0 Å². The summed E-state index contributed by atoms with van der Waals surface area (Å²) in [5.74, 6) is -0.876. The zero-order valence-electron chi connectivity index (χ0n) is 12.2. The van der Waals surface area contributed by atoms with Gasteiger partial charge < -0.3 is 10.6 Å². The molecule has 2 N–H and O–H groups in total. The minimum Gasteiger partial charge on any atom is -0.363 e. The van der Waals surface area contributed by atoms with Crippen LogP contribution < -0.4 is 5.73 Å². The molecule has 0 saturated carbocycles. The SMILES string of the molecule is N#Cc1ccc(C(=O)N2CCc3cnc(C(N)=O)nc3C2)cc1. The molecule has 1 aliphatic rings. The van der Waals surface area contributed by atoms with Crippen LogP contribution in [0.5, 0.6) is 0 Å². The van der Waals surface area contributed by atoms with Crippen LogP contribution >= 0.6 is 0 Å². The summed E-state index contributed by atoms with van der Waals surface area (Å²) >= 11 is 0. The lowest BCUT2D eigenvalue weighted by molar-refractivity contribution is 0.0731. The van der Waals surface area contributed by atoms with Crippen LogP contribution in [0.1, 0.15) is 37.8 Å². The lowest BCUT2D eigenvalue weighted by Crippen LogP contribution is -2.37. The van der Waals surface area contributed by atoms with Gasteiger partial charge in [0.15, 0.2) is 0 Å². The first kappa shape index (κ1) is 14.7. The second-order valence-corrected chi connectivity index (χ2v) is 5.20. The smallest absolute Gasteiger partial charge is 0.286 e. The Morgan fingerprint density at radius 3 is 2.65 bits per heavy atom. The normalized spacial score (nSPS) is 13.1. The molecular formula is C16H13N5O2. The van der Waals surface area contributed by atoms with Crippen molar-refractivity contribution in [2.75, 3.05) is 6.54 Å². The van der Waals surface area contributed by atoms with E-state index in [4.69, 9.17) is 11.0 Å². The highest BCUT2D eigenvalue weighted by Crippen LogP contribution is 2.18. The van der Waals surface area contributed by atoms with Gasteiger partial charge in [-0.05, 0) is 36.2 Å². The van der Waals surface area contributed by atoms with E-state index in [-0.39, 0.29) is 11.7 Å². The largest absolute Gasteiger partial charge is 0.363 e. The minimum absolute atomic E-state index is 0.0450. The van der Waals surface area contributed by atoms with Gasteiger partial charge in [0.05, 0.1) is 23.9 Å². The number of rotatable bonds is 2. The Morgan fingerprint density at radius 2 is 2.00 bits per heavy atom. The van der Waals surface area contributed by atoms with E-state index >= 15 is 0 Å². The van der Waals surface area contributed by atoms with E-state index in [2.05, 4.69) is 9.97 Å². The molecule has 1 aromatic heterocycles. The number of nitriles is 1. The molecule has 7 nitrogen and oxygen atoms in total. The van der Waals surface area contributed by atoms with Crippen molar-refractivity contribution in [3.63, 3.8) is 0 Å². The lowest BCUT2D eigenvalue weighted by atomic mass is 10.0. The average molecular weight is 307 g/mol. The van der Waals surface area contributed by atoms with Gasteiger partial charge in [-0.1, -0.05) is 0 Å². The summed E-state index contributed by atoms with van der Waals surface area (Å²) < 4.78 is 0. The molecule has 114 valence electrons. The van der Waals surface area contributed by atoms with Gasteiger partial charge in [0.25, 0.3) is 11.8 Å². The van der Waals surface area contributed by atoms with E-state index in [9.17, 15) is 9.59 Å². The Kier molecular flexibility index (Phi) is 3.73. The predicted molar refractivity (Wildman–Crippen MR) is 80.2 cm³/mol. The molecule has 0 spiro atoms. The highest BCUT2D eigenvalue weighted by molar-refractivity contribution is 5.94. The molecule has 2 heterocycles. The molecular weight excluding hydrogens is 294 g/mol. The number of carbonyl (C=O) groups excluding carboxylic acids is 2. The zero-order valence-corrected chi connectivity index (χ0v) is 12.2. The molecule has 0 aliphatic carbocycles. The number of carbonyl (C=O) groups is 2. The van der Waals surface area contributed by atoms with Crippen LogP contribution in [-0.4, -0.2) is 33.2 Å². The summed E-state index contributed by atoms with van der Waals surface area (Å²) in [6.45, 7) is 0.849. The van der Waals surface area contributed by atoms with Gasteiger partial charge in [-0.25, -0.2) is 9.97 Å².